The molecule has 0 aliphatic heterocycles. The van der Waals surface area contributed by atoms with Crippen molar-refractivity contribution < 1.29 is 22.9 Å². The van der Waals surface area contributed by atoms with Crippen LogP contribution in [0.25, 0.3) is 10.9 Å². The highest BCUT2D eigenvalue weighted by molar-refractivity contribution is 7.92. The number of rotatable bonds is 7. The van der Waals surface area contributed by atoms with E-state index in [4.69, 9.17) is 9.47 Å². The molecule has 0 saturated heterocycles. The maximum absolute atomic E-state index is 13.9. The van der Waals surface area contributed by atoms with Crippen molar-refractivity contribution in [1.29, 1.82) is 0 Å². The van der Waals surface area contributed by atoms with E-state index in [9.17, 15) is 13.4 Å². The average Bonchev–Trinajstić information content (AvgIpc) is 2.68. The number of nitrogens with one attached hydrogen (secondary N) is 1. The predicted octanol–water partition coefficient (Wildman–Crippen LogP) is 4.51. The number of hydrogen-bond acceptors (Lipinski definition) is 8. The molecule has 0 bridgehead atoms. The lowest BCUT2D eigenvalue weighted by molar-refractivity contribution is -0.150. The van der Waals surface area contributed by atoms with E-state index in [-0.39, 0.29) is 12.4 Å². The Bertz CT molecular complexity index is 1280. The molecule has 0 radical (unpaired) electrons. The number of hydrogen-bond donors (Lipinski definition) is 1. The molecule has 32 heavy (non-hydrogen) atoms. The van der Waals surface area contributed by atoms with Crippen LogP contribution in [-0.2, 0) is 19.3 Å². The van der Waals surface area contributed by atoms with Crippen molar-refractivity contribution in [2.45, 2.75) is 26.9 Å². The third kappa shape index (κ3) is 5.70. The van der Waals surface area contributed by atoms with Crippen molar-refractivity contribution in [3.63, 3.8) is 0 Å². The fourth-order valence-corrected chi connectivity index (χ4v) is 3.71. The topological polar surface area (TPSA) is 103 Å². The summed E-state index contributed by atoms with van der Waals surface area (Å²) in [4.78, 5) is 20.6. The minimum atomic E-state index is -2.33. The SMILES string of the molecule is CCOC(=O)[C@H](C)Oc1cc(F)ccc1Nc1ncnc2cc(N=S(C)(C)=O)cc(C)c12. The Morgan fingerprint density at radius 2 is 2.00 bits per heavy atom. The van der Waals surface area contributed by atoms with Gasteiger partial charge in [-0.3, -0.25) is 0 Å². The van der Waals surface area contributed by atoms with Crippen LogP contribution in [0.15, 0.2) is 41.0 Å². The summed E-state index contributed by atoms with van der Waals surface area (Å²) in [5.41, 5.74) is 2.40. The molecule has 0 unspecified atom stereocenters. The monoisotopic (exact) mass is 460 g/mol. The number of anilines is 2. The van der Waals surface area contributed by atoms with Crippen molar-refractivity contribution >= 4 is 43.8 Å². The third-order valence-corrected chi connectivity index (χ3v) is 5.01. The van der Waals surface area contributed by atoms with Crippen LogP contribution in [0.1, 0.15) is 19.4 Å². The van der Waals surface area contributed by atoms with Crippen molar-refractivity contribution in [2.24, 2.45) is 4.36 Å². The zero-order valence-corrected chi connectivity index (χ0v) is 19.3. The summed E-state index contributed by atoms with van der Waals surface area (Å²) in [5.74, 6) is -0.462. The highest BCUT2D eigenvalue weighted by Gasteiger charge is 2.19. The molecular formula is C22H25FN4O4S. The van der Waals surface area contributed by atoms with Gasteiger partial charge in [-0.2, -0.15) is 4.36 Å². The minimum absolute atomic E-state index is 0.137. The summed E-state index contributed by atoms with van der Waals surface area (Å²) in [5, 5.41) is 3.87. The van der Waals surface area contributed by atoms with Gasteiger partial charge in [-0.1, -0.05) is 0 Å². The van der Waals surface area contributed by atoms with Gasteiger partial charge in [0.1, 0.15) is 23.7 Å². The van der Waals surface area contributed by atoms with Crippen molar-refractivity contribution in [3.8, 4) is 5.75 Å². The minimum Gasteiger partial charge on any atom is -0.477 e. The molecule has 3 rings (SSSR count). The molecule has 0 aliphatic rings. The zero-order chi connectivity index (χ0) is 23.5. The summed E-state index contributed by atoms with van der Waals surface area (Å²) in [6.07, 6.45) is 3.58. The smallest absolute Gasteiger partial charge is 0.347 e. The maximum atomic E-state index is 13.9. The number of aromatic nitrogens is 2. The highest BCUT2D eigenvalue weighted by Crippen LogP contribution is 2.34. The van der Waals surface area contributed by atoms with Gasteiger partial charge >= 0.3 is 5.97 Å². The average molecular weight is 461 g/mol. The van der Waals surface area contributed by atoms with Crippen LogP contribution < -0.4 is 10.1 Å². The number of nitrogens with zero attached hydrogens (tertiary/aromatic N) is 3. The van der Waals surface area contributed by atoms with Crippen LogP contribution in [0.5, 0.6) is 5.75 Å². The molecule has 1 N–H and O–H groups in total. The Morgan fingerprint density at radius 3 is 2.69 bits per heavy atom. The summed E-state index contributed by atoms with van der Waals surface area (Å²) in [6.45, 7) is 5.31. The Morgan fingerprint density at radius 1 is 1.25 bits per heavy atom. The number of carbonyl (C=O) groups excluding carboxylic acids is 1. The molecule has 3 aromatic rings. The van der Waals surface area contributed by atoms with Gasteiger partial charge in [0.15, 0.2) is 6.10 Å². The Balaban J connectivity index is 2.01. The normalized spacial score (nSPS) is 12.3. The van der Waals surface area contributed by atoms with Gasteiger partial charge in [0.25, 0.3) is 0 Å². The lowest BCUT2D eigenvalue weighted by atomic mass is 10.1. The van der Waals surface area contributed by atoms with Gasteiger partial charge in [0.2, 0.25) is 0 Å². The number of halogens is 1. The molecule has 10 heteroatoms. The third-order valence-electron chi connectivity index (χ3n) is 4.36. The first-order valence-corrected chi connectivity index (χ1v) is 12.2. The summed E-state index contributed by atoms with van der Waals surface area (Å²) in [6, 6.07) is 7.49. The van der Waals surface area contributed by atoms with Crippen LogP contribution in [0, 0.1) is 12.7 Å². The Hall–Kier alpha value is -3.27. The molecule has 1 heterocycles. The molecule has 0 amide bonds. The number of fused-ring (bicyclic) bond motifs is 1. The van der Waals surface area contributed by atoms with E-state index in [0.29, 0.717) is 22.7 Å². The number of benzene rings is 2. The largest absolute Gasteiger partial charge is 0.477 e. The first kappa shape index (κ1) is 23.4. The number of ether oxygens (including phenoxy) is 2. The first-order chi connectivity index (χ1) is 15.1. The fraction of sp³-hybridized carbons (Fsp3) is 0.318. The summed E-state index contributed by atoms with van der Waals surface area (Å²) < 4.78 is 40.8. The van der Waals surface area contributed by atoms with Crippen LogP contribution in [0.4, 0.5) is 21.6 Å². The van der Waals surface area contributed by atoms with Crippen molar-refractivity contribution in [1.82, 2.24) is 9.97 Å². The first-order valence-electron chi connectivity index (χ1n) is 9.89. The van der Waals surface area contributed by atoms with E-state index in [1.807, 2.05) is 6.92 Å². The van der Waals surface area contributed by atoms with E-state index < -0.39 is 27.6 Å². The van der Waals surface area contributed by atoms with E-state index >= 15 is 0 Å². The number of esters is 1. The number of carbonyl (C=O) groups is 1. The summed E-state index contributed by atoms with van der Waals surface area (Å²) >= 11 is 0. The second-order valence-electron chi connectivity index (χ2n) is 7.43. The standard InChI is InChI=1S/C22H25FN4O4S/c1-6-30-22(28)14(3)31-19-10-15(23)7-8-17(19)26-21-20-13(2)9-16(27-32(4,5)29)11-18(20)24-12-25-21/h7-12,14H,6H2,1-5H3,(H,24,25,26)/t14-/m0/s1. The second-order valence-corrected chi connectivity index (χ2v) is 9.97. The van der Waals surface area contributed by atoms with E-state index in [0.717, 1.165) is 10.9 Å². The summed E-state index contributed by atoms with van der Waals surface area (Å²) in [7, 11) is -2.33. The predicted molar refractivity (Wildman–Crippen MR) is 123 cm³/mol. The lowest BCUT2D eigenvalue weighted by Crippen LogP contribution is -2.26. The van der Waals surface area contributed by atoms with Crippen LogP contribution in [-0.4, -0.2) is 45.4 Å². The van der Waals surface area contributed by atoms with E-state index in [2.05, 4.69) is 19.6 Å². The lowest BCUT2D eigenvalue weighted by Gasteiger charge is -2.18. The quantitative estimate of drug-likeness (QED) is 0.518. The highest BCUT2D eigenvalue weighted by atomic mass is 32.2. The molecular weight excluding hydrogens is 435 g/mol. The second kappa shape index (κ2) is 9.47. The molecule has 1 aromatic heterocycles. The maximum Gasteiger partial charge on any atom is 0.347 e. The van der Waals surface area contributed by atoms with Gasteiger partial charge in [-0.25, -0.2) is 23.4 Å². The molecule has 170 valence electrons. The van der Waals surface area contributed by atoms with Crippen LogP contribution in [0.2, 0.25) is 0 Å². The van der Waals surface area contributed by atoms with Crippen LogP contribution >= 0.6 is 0 Å². The van der Waals surface area contributed by atoms with Crippen LogP contribution in [0.3, 0.4) is 0 Å². The molecule has 0 spiro atoms. The van der Waals surface area contributed by atoms with E-state index in [1.54, 1.807) is 31.6 Å². The van der Waals surface area contributed by atoms with Gasteiger partial charge in [0.05, 0.1) is 23.5 Å². The van der Waals surface area contributed by atoms with E-state index in [1.165, 1.54) is 31.5 Å². The fourth-order valence-electron chi connectivity index (χ4n) is 3.10. The molecule has 0 saturated carbocycles. The molecule has 2 aromatic carbocycles. The van der Waals surface area contributed by atoms with Gasteiger partial charge in [0, 0.05) is 33.7 Å². The van der Waals surface area contributed by atoms with Gasteiger partial charge in [-0.05, 0) is 50.6 Å². The Labute approximate surface area is 186 Å². The number of aryl methyl sites for hydroxylation is 1. The molecule has 0 fully saturated rings. The molecule has 0 aliphatic carbocycles. The zero-order valence-electron chi connectivity index (χ0n) is 18.5. The molecule has 8 nitrogen and oxygen atoms in total. The van der Waals surface area contributed by atoms with Gasteiger partial charge in [-0.15, -0.1) is 0 Å². The molecule has 1 atom stereocenters. The van der Waals surface area contributed by atoms with Gasteiger partial charge < -0.3 is 14.8 Å². The Kier molecular flexibility index (Phi) is 6.93. The van der Waals surface area contributed by atoms with Crippen molar-refractivity contribution in [2.75, 3.05) is 24.4 Å². The van der Waals surface area contributed by atoms with Crippen molar-refractivity contribution in [3.05, 3.63) is 48.0 Å².